The van der Waals surface area contributed by atoms with Crippen molar-refractivity contribution in [2.24, 2.45) is 0 Å². The van der Waals surface area contributed by atoms with Crippen molar-refractivity contribution in [1.82, 2.24) is 15.0 Å². The molecule has 0 radical (unpaired) electrons. The number of aryl methyl sites for hydroxylation is 1. The number of nitrogens with zero attached hydrogens (tertiary/aromatic N) is 2. The minimum Gasteiger partial charge on any atom is -0.345 e. The maximum Gasteiger partial charge on any atom is 0.156 e. The number of hydrogen-bond acceptors (Lipinski definition) is 2. The van der Waals surface area contributed by atoms with Crippen LogP contribution in [0.2, 0.25) is 0 Å². The van der Waals surface area contributed by atoms with E-state index in [-0.39, 0.29) is 0 Å². The highest BCUT2D eigenvalue weighted by Gasteiger charge is 2.01. The van der Waals surface area contributed by atoms with E-state index in [0.29, 0.717) is 0 Å². The summed E-state index contributed by atoms with van der Waals surface area (Å²) in [5, 5.41) is 0. The summed E-state index contributed by atoms with van der Waals surface area (Å²) in [7, 11) is 0. The first-order chi connectivity index (χ1) is 5.27. The third-order valence-electron chi connectivity index (χ3n) is 1.50. The lowest BCUT2D eigenvalue weighted by molar-refractivity contribution is 1.13. The minimum absolute atomic E-state index is 0.810. The zero-order valence-corrected chi connectivity index (χ0v) is 7.51. The van der Waals surface area contributed by atoms with Gasteiger partial charge < -0.3 is 4.98 Å². The molecule has 2 heterocycles. The Morgan fingerprint density at radius 2 is 2.27 bits per heavy atom. The molecule has 0 aromatic carbocycles. The van der Waals surface area contributed by atoms with Crippen molar-refractivity contribution < 1.29 is 0 Å². The van der Waals surface area contributed by atoms with Gasteiger partial charge in [-0.1, -0.05) is 0 Å². The lowest BCUT2D eigenvalue weighted by Gasteiger charge is -1.94. The van der Waals surface area contributed by atoms with Gasteiger partial charge in [-0.25, -0.2) is 9.97 Å². The fraction of sp³-hybridized carbons (Fsp3) is 0.143. The summed E-state index contributed by atoms with van der Waals surface area (Å²) < 4.78 is 0.810. The summed E-state index contributed by atoms with van der Waals surface area (Å²) in [6, 6.07) is 1.90. The van der Waals surface area contributed by atoms with E-state index >= 15 is 0 Å². The van der Waals surface area contributed by atoms with E-state index in [2.05, 4.69) is 30.9 Å². The smallest absolute Gasteiger partial charge is 0.156 e. The molecule has 0 atom stereocenters. The van der Waals surface area contributed by atoms with E-state index in [0.717, 1.165) is 21.5 Å². The maximum atomic E-state index is 4.27. The molecule has 0 fully saturated rings. The zero-order valence-electron chi connectivity index (χ0n) is 5.93. The van der Waals surface area contributed by atoms with Gasteiger partial charge in [-0.3, -0.25) is 0 Å². The molecule has 3 nitrogen and oxygen atoms in total. The number of aromatic nitrogens is 3. The van der Waals surface area contributed by atoms with Crippen molar-refractivity contribution >= 4 is 27.1 Å². The molecule has 0 saturated carbocycles. The van der Waals surface area contributed by atoms with Crippen LogP contribution >= 0.6 is 15.9 Å². The second kappa shape index (κ2) is 2.30. The Hall–Kier alpha value is -0.900. The van der Waals surface area contributed by atoms with Crippen molar-refractivity contribution in [2.45, 2.75) is 6.92 Å². The zero-order chi connectivity index (χ0) is 7.84. The summed E-state index contributed by atoms with van der Waals surface area (Å²) in [5.74, 6) is 0. The fourth-order valence-electron chi connectivity index (χ4n) is 0.933. The Morgan fingerprint density at radius 3 is 3.09 bits per heavy atom. The van der Waals surface area contributed by atoms with Crippen molar-refractivity contribution in [3.63, 3.8) is 0 Å². The molecule has 0 bridgehead atoms. The van der Waals surface area contributed by atoms with Crippen LogP contribution in [0.1, 0.15) is 5.69 Å². The highest BCUT2D eigenvalue weighted by molar-refractivity contribution is 9.10. The molecule has 2 rings (SSSR count). The van der Waals surface area contributed by atoms with Crippen LogP contribution in [-0.2, 0) is 0 Å². The van der Waals surface area contributed by atoms with Crippen LogP contribution in [0.4, 0.5) is 0 Å². The lowest BCUT2D eigenvalue weighted by Crippen LogP contribution is -1.87. The van der Waals surface area contributed by atoms with E-state index in [9.17, 15) is 0 Å². The van der Waals surface area contributed by atoms with Gasteiger partial charge in [0.1, 0.15) is 10.1 Å². The van der Waals surface area contributed by atoms with E-state index in [1.54, 1.807) is 0 Å². The van der Waals surface area contributed by atoms with Gasteiger partial charge in [-0.05, 0) is 28.9 Å². The number of nitrogens with one attached hydrogen (secondary N) is 1. The Kier molecular flexibility index (Phi) is 1.42. The standard InChI is InChI=1S/C7H6BrN3/c1-4-6(8)11-5-2-3-9-7(5)10-4/h2-3H,1H3,(H,9,10). The first-order valence-electron chi connectivity index (χ1n) is 3.24. The van der Waals surface area contributed by atoms with Crippen LogP contribution in [0.3, 0.4) is 0 Å². The molecular formula is C7H6BrN3. The summed E-state index contributed by atoms with van der Waals surface area (Å²) in [6.45, 7) is 1.91. The van der Waals surface area contributed by atoms with E-state index in [4.69, 9.17) is 0 Å². The molecule has 1 N–H and O–H groups in total. The van der Waals surface area contributed by atoms with Crippen LogP contribution in [0, 0.1) is 6.92 Å². The third-order valence-corrected chi connectivity index (χ3v) is 2.25. The number of aromatic amines is 1. The van der Waals surface area contributed by atoms with Crippen molar-refractivity contribution in [3.05, 3.63) is 22.6 Å². The van der Waals surface area contributed by atoms with Crippen molar-refractivity contribution in [1.29, 1.82) is 0 Å². The number of fused-ring (bicyclic) bond motifs is 1. The van der Waals surface area contributed by atoms with Crippen LogP contribution in [0.25, 0.3) is 11.2 Å². The Labute approximate surface area is 72.0 Å². The van der Waals surface area contributed by atoms with Gasteiger partial charge in [0.25, 0.3) is 0 Å². The average molecular weight is 212 g/mol. The normalized spacial score (nSPS) is 10.7. The molecule has 2 aromatic rings. The van der Waals surface area contributed by atoms with E-state index in [1.807, 2.05) is 19.2 Å². The van der Waals surface area contributed by atoms with Gasteiger partial charge >= 0.3 is 0 Å². The van der Waals surface area contributed by atoms with Gasteiger partial charge in [0.05, 0.1) is 5.69 Å². The van der Waals surface area contributed by atoms with Gasteiger partial charge in [-0.2, -0.15) is 0 Å². The predicted molar refractivity (Wildman–Crippen MR) is 46.3 cm³/mol. The van der Waals surface area contributed by atoms with Crippen LogP contribution < -0.4 is 0 Å². The van der Waals surface area contributed by atoms with Crippen LogP contribution in [-0.4, -0.2) is 15.0 Å². The number of H-pyrrole nitrogens is 1. The van der Waals surface area contributed by atoms with Crippen LogP contribution in [0.15, 0.2) is 16.9 Å². The Balaban J connectivity index is 2.86. The maximum absolute atomic E-state index is 4.27. The van der Waals surface area contributed by atoms with Crippen LogP contribution in [0.5, 0.6) is 0 Å². The number of halogens is 1. The number of hydrogen-bond donors (Lipinski definition) is 1. The minimum atomic E-state index is 0.810. The molecule has 0 saturated heterocycles. The second-order valence-electron chi connectivity index (χ2n) is 2.31. The average Bonchev–Trinajstić information content (AvgIpc) is 2.36. The van der Waals surface area contributed by atoms with E-state index in [1.165, 1.54) is 0 Å². The molecule has 0 amide bonds. The molecule has 0 aliphatic rings. The monoisotopic (exact) mass is 211 g/mol. The van der Waals surface area contributed by atoms with Crippen molar-refractivity contribution in [3.8, 4) is 0 Å². The summed E-state index contributed by atoms with van der Waals surface area (Å²) in [5.41, 5.74) is 2.63. The quantitative estimate of drug-likeness (QED) is 0.725. The predicted octanol–water partition coefficient (Wildman–Crippen LogP) is 2.03. The third kappa shape index (κ3) is 1.03. The molecule has 0 spiro atoms. The summed E-state index contributed by atoms with van der Waals surface area (Å²) >= 11 is 3.31. The Bertz CT molecular complexity index is 357. The summed E-state index contributed by atoms with van der Waals surface area (Å²) in [6.07, 6.45) is 1.83. The molecular weight excluding hydrogens is 206 g/mol. The SMILES string of the molecule is Cc1nc2[nH]ccc2nc1Br. The fourth-order valence-corrected chi connectivity index (χ4v) is 1.21. The molecule has 2 aromatic heterocycles. The van der Waals surface area contributed by atoms with Gasteiger partial charge in [0.2, 0.25) is 0 Å². The van der Waals surface area contributed by atoms with Gasteiger partial charge in [-0.15, -0.1) is 0 Å². The second-order valence-corrected chi connectivity index (χ2v) is 3.06. The largest absolute Gasteiger partial charge is 0.345 e. The number of rotatable bonds is 0. The molecule has 11 heavy (non-hydrogen) atoms. The highest BCUT2D eigenvalue weighted by Crippen LogP contribution is 2.14. The first-order valence-corrected chi connectivity index (χ1v) is 4.04. The molecule has 4 heteroatoms. The van der Waals surface area contributed by atoms with Gasteiger partial charge in [0, 0.05) is 6.20 Å². The molecule has 56 valence electrons. The first kappa shape index (κ1) is 6.79. The highest BCUT2D eigenvalue weighted by atomic mass is 79.9. The van der Waals surface area contributed by atoms with E-state index < -0.39 is 0 Å². The summed E-state index contributed by atoms with van der Waals surface area (Å²) in [4.78, 5) is 11.5. The Morgan fingerprint density at radius 1 is 1.45 bits per heavy atom. The lowest BCUT2D eigenvalue weighted by atomic mass is 10.5. The van der Waals surface area contributed by atoms with Crippen molar-refractivity contribution in [2.75, 3.05) is 0 Å². The molecule has 0 aliphatic heterocycles. The molecule has 0 aliphatic carbocycles. The topological polar surface area (TPSA) is 41.6 Å². The van der Waals surface area contributed by atoms with Gasteiger partial charge in [0.15, 0.2) is 5.65 Å². The molecule has 0 unspecified atom stereocenters.